The van der Waals surface area contributed by atoms with Crippen molar-refractivity contribution in [2.45, 2.75) is 58.7 Å². The molecule has 0 aliphatic carbocycles. The predicted octanol–water partition coefficient (Wildman–Crippen LogP) is 3.45. The monoisotopic (exact) mass is 259 g/mol. The maximum Gasteiger partial charge on any atom is 0.0867 e. The van der Waals surface area contributed by atoms with Crippen molar-refractivity contribution in [1.29, 1.82) is 0 Å². The van der Waals surface area contributed by atoms with E-state index in [1.165, 1.54) is 24.1 Å². The van der Waals surface area contributed by atoms with Crippen LogP contribution in [0.15, 0.2) is 18.5 Å². The summed E-state index contributed by atoms with van der Waals surface area (Å²) in [5.74, 6) is 0.633. The van der Waals surface area contributed by atoms with E-state index in [0.29, 0.717) is 23.5 Å². The number of hydrogen-bond acceptors (Lipinski definition) is 3. The first-order valence-electron chi connectivity index (χ1n) is 7.54. The summed E-state index contributed by atoms with van der Waals surface area (Å²) in [4.78, 5) is 6.90. The SMILES string of the molecule is CCN1C2Nc3cnccc3C2CC1C(C)(C)CC. The van der Waals surface area contributed by atoms with E-state index in [1.807, 2.05) is 12.4 Å². The quantitative estimate of drug-likeness (QED) is 0.901. The van der Waals surface area contributed by atoms with Crippen molar-refractivity contribution in [1.82, 2.24) is 9.88 Å². The first-order valence-corrected chi connectivity index (χ1v) is 7.54. The van der Waals surface area contributed by atoms with Crippen LogP contribution in [0, 0.1) is 5.41 Å². The molecule has 3 atom stereocenters. The minimum Gasteiger partial charge on any atom is -0.368 e. The zero-order valence-electron chi connectivity index (χ0n) is 12.5. The van der Waals surface area contributed by atoms with Crippen LogP contribution >= 0.6 is 0 Å². The average molecular weight is 259 g/mol. The lowest BCUT2D eigenvalue weighted by atomic mass is 9.79. The summed E-state index contributed by atoms with van der Waals surface area (Å²) in [6.07, 6.45) is 6.87. The van der Waals surface area contributed by atoms with Crippen molar-refractivity contribution in [3.05, 3.63) is 24.0 Å². The van der Waals surface area contributed by atoms with Crippen LogP contribution in [0.1, 0.15) is 52.0 Å². The standard InChI is InChI=1S/C16H25N3/c1-5-16(3,4)14-9-12-11-7-8-17-10-13(11)18-15(12)19(14)6-2/h7-8,10,12,14-15,18H,5-6,9H2,1-4H3. The van der Waals surface area contributed by atoms with Gasteiger partial charge in [0.05, 0.1) is 18.1 Å². The van der Waals surface area contributed by atoms with Gasteiger partial charge in [0.15, 0.2) is 0 Å². The minimum atomic E-state index is 0.384. The fraction of sp³-hybridized carbons (Fsp3) is 0.688. The zero-order valence-corrected chi connectivity index (χ0v) is 12.5. The maximum absolute atomic E-state index is 4.24. The third-order valence-electron chi connectivity index (χ3n) is 5.35. The highest BCUT2D eigenvalue weighted by atomic mass is 15.3. The molecule has 1 N–H and O–H groups in total. The van der Waals surface area contributed by atoms with Gasteiger partial charge in [-0.25, -0.2) is 0 Å². The highest BCUT2D eigenvalue weighted by Crippen LogP contribution is 2.50. The van der Waals surface area contributed by atoms with Gasteiger partial charge < -0.3 is 5.32 Å². The Morgan fingerprint density at radius 1 is 1.42 bits per heavy atom. The van der Waals surface area contributed by atoms with Gasteiger partial charge in [0.2, 0.25) is 0 Å². The molecule has 2 aliphatic heterocycles. The molecule has 0 amide bonds. The molecule has 1 aromatic heterocycles. The Hall–Kier alpha value is -1.09. The zero-order chi connectivity index (χ0) is 13.6. The lowest BCUT2D eigenvalue weighted by molar-refractivity contribution is 0.106. The van der Waals surface area contributed by atoms with Gasteiger partial charge in [-0.05, 0) is 36.4 Å². The molecule has 1 aromatic rings. The van der Waals surface area contributed by atoms with Gasteiger partial charge in [-0.1, -0.05) is 27.7 Å². The summed E-state index contributed by atoms with van der Waals surface area (Å²) >= 11 is 0. The summed E-state index contributed by atoms with van der Waals surface area (Å²) in [5.41, 5.74) is 3.09. The van der Waals surface area contributed by atoms with Gasteiger partial charge >= 0.3 is 0 Å². The van der Waals surface area contributed by atoms with Crippen LogP contribution < -0.4 is 5.32 Å². The maximum atomic E-state index is 4.24. The molecule has 104 valence electrons. The fourth-order valence-electron chi connectivity index (χ4n) is 3.84. The molecule has 0 bridgehead atoms. The van der Waals surface area contributed by atoms with Crippen molar-refractivity contribution < 1.29 is 0 Å². The van der Waals surface area contributed by atoms with Crippen molar-refractivity contribution >= 4 is 5.69 Å². The fourth-order valence-corrected chi connectivity index (χ4v) is 3.84. The summed E-state index contributed by atoms with van der Waals surface area (Å²) in [7, 11) is 0. The molecule has 19 heavy (non-hydrogen) atoms. The number of fused-ring (bicyclic) bond motifs is 3. The molecular weight excluding hydrogens is 234 g/mol. The van der Waals surface area contributed by atoms with Crippen LogP contribution in [0.5, 0.6) is 0 Å². The molecule has 3 heteroatoms. The van der Waals surface area contributed by atoms with E-state index < -0.39 is 0 Å². The van der Waals surface area contributed by atoms with E-state index in [4.69, 9.17) is 0 Å². The van der Waals surface area contributed by atoms with Gasteiger partial charge in [0.1, 0.15) is 0 Å². The predicted molar refractivity (Wildman–Crippen MR) is 79.2 cm³/mol. The number of nitrogens with zero attached hydrogens (tertiary/aromatic N) is 2. The van der Waals surface area contributed by atoms with E-state index in [0.717, 1.165) is 6.54 Å². The second kappa shape index (κ2) is 4.48. The highest BCUT2D eigenvalue weighted by Gasteiger charge is 2.49. The Balaban J connectivity index is 1.93. The smallest absolute Gasteiger partial charge is 0.0867 e. The largest absolute Gasteiger partial charge is 0.368 e. The Morgan fingerprint density at radius 3 is 2.89 bits per heavy atom. The summed E-state index contributed by atoms with van der Waals surface area (Å²) < 4.78 is 0. The molecule has 0 spiro atoms. The molecule has 3 unspecified atom stereocenters. The Morgan fingerprint density at radius 2 is 2.21 bits per heavy atom. The van der Waals surface area contributed by atoms with Gasteiger partial charge in [-0.2, -0.15) is 0 Å². The molecule has 2 aliphatic rings. The van der Waals surface area contributed by atoms with E-state index in [9.17, 15) is 0 Å². The Labute approximate surface area is 116 Å². The normalized spacial score (nSPS) is 30.0. The summed E-state index contributed by atoms with van der Waals surface area (Å²) in [6.45, 7) is 10.5. The van der Waals surface area contributed by atoms with Crippen LogP contribution in [0.4, 0.5) is 5.69 Å². The molecule has 0 radical (unpaired) electrons. The van der Waals surface area contributed by atoms with Gasteiger partial charge in [0.25, 0.3) is 0 Å². The number of likely N-dealkylation sites (tertiary alicyclic amines) is 1. The second-order valence-electron chi connectivity index (χ2n) is 6.58. The Kier molecular flexibility index (Phi) is 3.05. The number of pyridine rings is 1. The molecule has 0 aromatic carbocycles. The van der Waals surface area contributed by atoms with Crippen molar-refractivity contribution in [2.75, 3.05) is 11.9 Å². The highest BCUT2D eigenvalue weighted by molar-refractivity contribution is 5.58. The van der Waals surface area contributed by atoms with Crippen LogP contribution in [0.25, 0.3) is 0 Å². The van der Waals surface area contributed by atoms with Crippen molar-refractivity contribution in [2.24, 2.45) is 5.41 Å². The lowest BCUT2D eigenvalue weighted by Gasteiger charge is -2.39. The van der Waals surface area contributed by atoms with Crippen LogP contribution in [-0.4, -0.2) is 28.6 Å². The molecular formula is C16H25N3. The molecule has 3 nitrogen and oxygen atoms in total. The van der Waals surface area contributed by atoms with Gasteiger partial charge in [-0.15, -0.1) is 0 Å². The third kappa shape index (κ3) is 1.86. The number of aromatic nitrogens is 1. The van der Waals surface area contributed by atoms with Crippen molar-refractivity contribution in [3.63, 3.8) is 0 Å². The molecule has 3 heterocycles. The second-order valence-corrected chi connectivity index (χ2v) is 6.58. The number of hydrogen-bond donors (Lipinski definition) is 1. The Bertz CT molecular complexity index is 469. The number of rotatable bonds is 3. The summed E-state index contributed by atoms with van der Waals surface area (Å²) in [6, 6.07) is 2.87. The van der Waals surface area contributed by atoms with Crippen molar-refractivity contribution in [3.8, 4) is 0 Å². The van der Waals surface area contributed by atoms with Crippen LogP contribution in [-0.2, 0) is 0 Å². The van der Waals surface area contributed by atoms with E-state index >= 15 is 0 Å². The number of nitrogens with one attached hydrogen (secondary N) is 1. The van der Waals surface area contributed by atoms with Crippen LogP contribution in [0.3, 0.4) is 0 Å². The number of likely N-dealkylation sites (N-methyl/N-ethyl adjacent to an activating group) is 1. The average Bonchev–Trinajstić information content (AvgIpc) is 2.94. The molecule has 1 fully saturated rings. The molecule has 0 saturated carbocycles. The molecule has 1 saturated heterocycles. The van der Waals surface area contributed by atoms with Gasteiger partial charge in [-0.3, -0.25) is 9.88 Å². The van der Waals surface area contributed by atoms with E-state index in [2.05, 4.69) is 49.0 Å². The topological polar surface area (TPSA) is 28.2 Å². The number of anilines is 1. The van der Waals surface area contributed by atoms with Gasteiger partial charge in [0, 0.05) is 18.2 Å². The van der Waals surface area contributed by atoms with E-state index in [-0.39, 0.29) is 0 Å². The first kappa shape index (κ1) is 12.9. The summed E-state index contributed by atoms with van der Waals surface area (Å²) in [5, 5.41) is 3.69. The molecule has 3 rings (SSSR count). The third-order valence-corrected chi connectivity index (χ3v) is 5.35. The minimum absolute atomic E-state index is 0.384. The first-order chi connectivity index (χ1) is 9.08. The van der Waals surface area contributed by atoms with E-state index in [1.54, 1.807) is 0 Å². The lowest BCUT2D eigenvalue weighted by Crippen LogP contribution is -2.46. The van der Waals surface area contributed by atoms with Crippen LogP contribution in [0.2, 0.25) is 0 Å².